The van der Waals surface area contributed by atoms with Crippen molar-refractivity contribution in [2.24, 2.45) is 0 Å². The summed E-state index contributed by atoms with van der Waals surface area (Å²) in [6.07, 6.45) is 2.71. The molecule has 1 saturated carbocycles. The van der Waals surface area contributed by atoms with E-state index in [2.05, 4.69) is 5.32 Å². The van der Waals surface area contributed by atoms with Gasteiger partial charge in [-0.15, -0.1) is 0 Å². The first-order chi connectivity index (χ1) is 9.57. The van der Waals surface area contributed by atoms with Crippen LogP contribution in [0.2, 0.25) is 0 Å². The summed E-state index contributed by atoms with van der Waals surface area (Å²) in [4.78, 5) is 0. The molecule has 0 aromatic heterocycles. The highest BCUT2D eigenvalue weighted by molar-refractivity contribution is 5.23. The van der Waals surface area contributed by atoms with E-state index in [-0.39, 0.29) is 11.9 Å². The van der Waals surface area contributed by atoms with E-state index in [9.17, 15) is 9.50 Å². The zero-order valence-electron chi connectivity index (χ0n) is 11.8. The Morgan fingerprint density at radius 1 is 1.35 bits per heavy atom. The first-order valence-corrected chi connectivity index (χ1v) is 7.40. The molecule has 1 heterocycles. The zero-order chi connectivity index (χ0) is 14.2. The average Bonchev–Trinajstić information content (AvgIpc) is 2.70. The summed E-state index contributed by atoms with van der Waals surface area (Å²) in [6, 6.07) is 7.24. The molecule has 20 heavy (non-hydrogen) atoms. The lowest BCUT2D eigenvalue weighted by molar-refractivity contribution is -0.0295. The molecule has 3 rings (SSSR count). The largest absolute Gasteiger partial charge is 0.386 e. The second-order valence-corrected chi connectivity index (χ2v) is 6.16. The van der Waals surface area contributed by atoms with Crippen LogP contribution < -0.4 is 5.32 Å². The third kappa shape index (κ3) is 2.73. The van der Waals surface area contributed by atoms with Gasteiger partial charge < -0.3 is 15.2 Å². The summed E-state index contributed by atoms with van der Waals surface area (Å²) in [5.41, 5.74) is 0.488. The normalized spacial score (nSPS) is 36.9. The Morgan fingerprint density at radius 3 is 2.65 bits per heavy atom. The molecule has 2 aliphatic rings. The Kier molecular flexibility index (Phi) is 3.80. The fourth-order valence-electron chi connectivity index (χ4n) is 3.12. The fourth-order valence-corrected chi connectivity index (χ4v) is 3.12. The van der Waals surface area contributed by atoms with Crippen LogP contribution in [-0.2, 0) is 4.74 Å². The predicted octanol–water partition coefficient (Wildman–Crippen LogP) is 2.20. The third-order valence-corrected chi connectivity index (χ3v) is 4.84. The van der Waals surface area contributed by atoms with Crippen LogP contribution in [0.25, 0.3) is 0 Å². The standard InChI is InChI=1S/C16H22FNO2/c1-11-16(19,6-7-20-11)10-18-15-8-13(9-15)12-2-4-14(17)5-3-12/h2-5,11,13,15,18-19H,6-10H2,1H3. The van der Waals surface area contributed by atoms with Crippen LogP contribution in [0.15, 0.2) is 24.3 Å². The van der Waals surface area contributed by atoms with Crippen molar-refractivity contribution < 1.29 is 14.2 Å². The van der Waals surface area contributed by atoms with Crippen LogP contribution >= 0.6 is 0 Å². The molecule has 0 amide bonds. The van der Waals surface area contributed by atoms with Gasteiger partial charge in [0, 0.05) is 25.6 Å². The first-order valence-electron chi connectivity index (χ1n) is 7.40. The molecule has 0 spiro atoms. The maximum absolute atomic E-state index is 12.9. The molecule has 3 nitrogen and oxygen atoms in total. The Morgan fingerprint density at radius 2 is 2.05 bits per heavy atom. The van der Waals surface area contributed by atoms with Gasteiger partial charge in [0.1, 0.15) is 11.4 Å². The molecule has 4 heteroatoms. The maximum Gasteiger partial charge on any atom is 0.123 e. The van der Waals surface area contributed by atoms with Gasteiger partial charge in [-0.3, -0.25) is 0 Å². The minimum atomic E-state index is -0.721. The fraction of sp³-hybridized carbons (Fsp3) is 0.625. The molecule has 2 fully saturated rings. The highest BCUT2D eigenvalue weighted by Crippen LogP contribution is 2.37. The van der Waals surface area contributed by atoms with Gasteiger partial charge in [-0.1, -0.05) is 12.1 Å². The zero-order valence-corrected chi connectivity index (χ0v) is 11.8. The van der Waals surface area contributed by atoms with Gasteiger partial charge in [0.2, 0.25) is 0 Å². The topological polar surface area (TPSA) is 41.5 Å². The van der Waals surface area contributed by atoms with Crippen molar-refractivity contribution in [1.82, 2.24) is 5.32 Å². The second kappa shape index (κ2) is 5.43. The van der Waals surface area contributed by atoms with E-state index in [1.807, 2.05) is 19.1 Å². The maximum atomic E-state index is 12.9. The highest BCUT2D eigenvalue weighted by Gasteiger charge is 2.40. The molecule has 2 atom stereocenters. The van der Waals surface area contributed by atoms with Gasteiger partial charge in [-0.25, -0.2) is 4.39 Å². The lowest BCUT2D eigenvalue weighted by Crippen LogP contribution is -2.51. The van der Waals surface area contributed by atoms with Crippen LogP contribution in [0.1, 0.15) is 37.7 Å². The second-order valence-electron chi connectivity index (χ2n) is 6.16. The summed E-state index contributed by atoms with van der Waals surface area (Å²) in [7, 11) is 0. The number of benzene rings is 1. The van der Waals surface area contributed by atoms with Gasteiger partial charge in [-0.2, -0.15) is 0 Å². The summed E-state index contributed by atoms with van der Waals surface area (Å²) in [5.74, 6) is 0.334. The van der Waals surface area contributed by atoms with E-state index in [4.69, 9.17) is 4.74 Å². The quantitative estimate of drug-likeness (QED) is 0.888. The van der Waals surface area contributed by atoms with Gasteiger partial charge >= 0.3 is 0 Å². The molecule has 2 N–H and O–H groups in total. The lowest BCUT2D eigenvalue weighted by atomic mass is 9.75. The van der Waals surface area contributed by atoms with E-state index in [1.165, 1.54) is 17.7 Å². The predicted molar refractivity (Wildman–Crippen MR) is 75.1 cm³/mol. The Hall–Kier alpha value is -0.970. The van der Waals surface area contributed by atoms with Crippen LogP contribution in [0, 0.1) is 5.82 Å². The number of hydrogen-bond acceptors (Lipinski definition) is 3. The van der Waals surface area contributed by atoms with E-state index >= 15 is 0 Å². The van der Waals surface area contributed by atoms with Crippen LogP contribution in [0.3, 0.4) is 0 Å². The Balaban J connectivity index is 1.45. The van der Waals surface area contributed by atoms with E-state index in [0.29, 0.717) is 31.5 Å². The SMILES string of the molecule is CC1OCCC1(O)CNC1CC(c2ccc(F)cc2)C1. The van der Waals surface area contributed by atoms with E-state index < -0.39 is 5.60 Å². The molecule has 1 aliphatic carbocycles. The molecule has 1 saturated heterocycles. The average molecular weight is 279 g/mol. The molecule has 0 bridgehead atoms. The van der Waals surface area contributed by atoms with Crippen molar-refractivity contribution >= 4 is 0 Å². The molecule has 2 unspecified atom stereocenters. The molecule has 1 aliphatic heterocycles. The monoisotopic (exact) mass is 279 g/mol. The number of hydrogen-bond donors (Lipinski definition) is 2. The van der Waals surface area contributed by atoms with Gasteiger partial charge in [-0.05, 0) is 43.4 Å². The van der Waals surface area contributed by atoms with Gasteiger partial charge in [0.15, 0.2) is 0 Å². The molecule has 110 valence electrons. The van der Waals surface area contributed by atoms with Crippen molar-refractivity contribution in [2.75, 3.05) is 13.2 Å². The minimum absolute atomic E-state index is 0.0945. The van der Waals surface area contributed by atoms with Gasteiger partial charge in [0.25, 0.3) is 0 Å². The molecular formula is C16H22FNO2. The van der Waals surface area contributed by atoms with Crippen molar-refractivity contribution in [3.8, 4) is 0 Å². The Bertz CT molecular complexity index is 458. The van der Waals surface area contributed by atoms with Crippen molar-refractivity contribution in [2.45, 2.75) is 49.9 Å². The molecule has 1 aromatic carbocycles. The van der Waals surface area contributed by atoms with Crippen LogP contribution in [0.4, 0.5) is 4.39 Å². The van der Waals surface area contributed by atoms with E-state index in [1.54, 1.807) is 0 Å². The van der Waals surface area contributed by atoms with Crippen molar-refractivity contribution in [3.63, 3.8) is 0 Å². The highest BCUT2D eigenvalue weighted by atomic mass is 19.1. The first kappa shape index (κ1) is 14.0. The number of aliphatic hydroxyl groups is 1. The lowest BCUT2D eigenvalue weighted by Gasteiger charge is -2.38. The third-order valence-electron chi connectivity index (χ3n) is 4.84. The number of nitrogens with one attached hydrogen (secondary N) is 1. The minimum Gasteiger partial charge on any atom is -0.386 e. The van der Waals surface area contributed by atoms with Crippen molar-refractivity contribution in [1.29, 1.82) is 0 Å². The molecule has 1 aromatic rings. The van der Waals surface area contributed by atoms with Crippen molar-refractivity contribution in [3.05, 3.63) is 35.6 Å². The summed E-state index contributed by atoms with van der Waals surface area (Å²) in [6.45, 7) is 3.16. The van der Waals surface area contributed by atoms with Crippen LogP contribution in [0.5, 0.6) is 0 Å². The molecular weight excluding hydrogens is 257 g/mol. The number of halogens is 1. The Labute approximate surface area is 119 Å². The van der Waals surface area contributed by atoms with Crippen LogP contribution in [-0.4, -0.2) is 36.0 Å². The summed E-state index contributed by atoms with van der Waals surface area (Å²) in [5, 5.41) is 13.9. The smallest absolute Gasteiger partial charge is 0.123 e. The summed E-state index contributed by atoms with van der Waals surface area (Å²) >= 11 is 0. The number of rotatable bonds is 4. The summed E-state index contributed by atoms with van der Waals surface area (Å²) < 4.78 is 18.3. The van der Waals surface area contributed by atoms with Gasteiger partial charge in [0.05, 0.1) is 6.10 Å². The molecule has 0 radical (unpaired) electrons. The van der Waals surface area contributed by atoms with E-state index in [0.717, 1.165) is 12.8 Å². The number of ether oxygens (including phenoxy) is 1.